The predicted octanol–water partition coefficient (Wildman–Crippen LogP) is 3.43. The quantitative estimate of drug-likeness (QED) is 0.246. The van der Waals surface area contributed by atoms with Crippen LogP contribution in [0.2, 0.25) is 0 Å². The normalized spacial score (nSPS) is 17.0. The molecule has 2 aliphatic rings. The number of nitrogens with one attached hydrogen (secondary N) is 1. The van der Waals surface area contributed by atoms with E-state index < -0.39 is 0 Å². The van der Waals surface area contributed by atoms with Crippen LogP contribution in [0.25, 0.3) is 0 Å². The molecule has 200 valence electrons. The van der Waals surface area contributed by atoms with E-state index in [1.54, 1.807) is 0 Å². The number of ether oxygens (including phenoxy) is 1. The standard InChI is InChI=1S/C28H35N7O3/c36-35(37)26-27(29-12-7-13-32-18-20-38-21-19-32)30-22-31-28(26)34-16-14-33(15-17-34)25(23-8-3-1-4-9-23)24-10-5-2-6-11-24/h1-6,8-11,22,25H,7,12-21H2,(H,29,30,31). The monoisotopic (exact) mass is 517 g/mol. The first kappa shape index (κ1) is 26.0. The van der Waals surface area contributed by atoms with Crippen molar-refractivity contribution in [1.82, 2.24) is 19.8 Å². The highest BCUT2D eigenvalue weighted by molar-refractivity contribution is 5.70. The van der Waals surface area contributed by atoms with E-state index in [0.29, 0.717) is 25.5 Å². The molecule has 1 N–H and O–H groups in total. The van der Waals surface area contributed by atoms with Gasteiger partial charge in [0.15, 0.2) is 0 Å². The fourth-order valence-electron chi connectivity index (χ4n) is 5.31. The van der Waals surface area contributed by atoms with Crippen LogP contribution < -0.4 is 10.2 Å². The number of anilines is 2. The van der Waals surface area contributed by atoms with Gasteiger partial charge in [-0.1, -0.05) is 60.7 Å². The molecule has 5 rings (SSSR count). The molecule has 0 saturated carbocycles. The summed E-state index contributed by atoms with van der Waals surface area (Å²) in [6.45, 7) is 7.73. The van der Waals surface area contributed by atoms with Crippen LogP contribution in [0.5, 0.6) is 0 Å². The second-order valence-corrected chi connectivity index (χ2v) is 9.63. The minimum absolute atomic E-state index is 0.0463. The topological polar surface area (TPSA) is 99.9 Å². The summed E-state index contributed by atoms with van der Waals surface area (Å²) in [5.41, 5.74) is 2.43. The van der Waals surface area contributed by atoms with E-state index in [1.165, 1.54) is 17.5 Å². The Morgan fingerprint density at radius 3 is 2.13 bits per heavy atom. The molecule has 0 amide bonds. The second kappa shape index (κ2) is 12.8. The summed E-state index contributed by atoms with van der Waals surface area (Å²) in [6.07, 6.45) is 2.30. The van der Waals surface area contributed by atoms with Crippen LogP contribution in [0.3, 0.4) is 0 Å². The fourth-order valence-corrected chi connectivity index (χ4v) is 5.31. The van der Waals surface area contributed by atoms with E-state index >= 15 is 0 Å². The van der Waals surface area contributed by atoms with Crippen LogP contribution >= 0.6 is 0 Å². The SMILES string of the molecule is O=[N+]([O-])c1c(NCCCN2CCOCC2)ncnc1N1CCN(C(c2ccccc2)c2ccccc2)CC1. The van der Waals surface area contributed by atoms with Crippen LogP contribution in [0.4, 0.5) is 17.3 Å². The van der Waals surface area contributed by atoms with Crippen molar-refractivity contribution in [2.75, 3.05) is 75.8 Å². The Bertz CT molecular complexity index is 1130. The van der Waals surface area contributed by atoms with Gasteiger partial charge in [0.2, 0.25) is 11.6 Å². The zero-order valence-corrected chi connectivity index (χ0v) is 21.6. The van der Waals surface area contributed by atoms with Crippen LogP contribution in [0.15, 0.2) is 67.0 Å². The third-order valence-electron chi connectivity index (χ3n) is 7.24. The summed E-state index contributed by atoms with van der Waals surface area (Å²) in [6, 6.07) is 21.1. The van der Waals surface area contributed by atoms with Gasteiger partial charge >= 0.3 is 5.69 Å². The molecule has 2 saturated heterocycles. The van der Waals surface area contributed by atoms with E-state index in [4.69, 9.17) is 4.74 Å². The molecule has 2 aromatic carbocycles. The lowest BCUT2D eigenvalue weighted by molar-refractivity contribution is -0.383. The summed E-state index contributed by atoms with van der Waals surface area (Å²) >= 11 is 0. The van der Waals surface area contributed by atoms with Gasteiger partial charge in [0, 0.05) is 45.8 Å². The molecular weight excluding hydrogens is 482 g/mol. The summed E-state index contributed by atoms with van der Waals surface area (Å²) in [5, 5.41) is 15.3. The first-order valence-electron chi connectivity index (χ1n) is 13.3. The Labute approximate surface area is 223 Å². The van der Waals surface area contributed by atoms with E-state index in [2.05, 4.69) is 73.6 Å². The maximum Gasteiger partial charge on any atom is 0.353 e. The molecule has 0 radical (unpaired) electrons. The fraction of sp³-hybridized carbons (Fsp3) is 0.429. The average molecular weight is 518 g/mol. The van der Waals surface area contributed by atoms with E-state index in [9.17, 15) is 10.1 Å². The first-order valence-corrected chi connectivity index (χ1v) is 13.3. The molecular formula is C28H35N7O3. The zero-order valence-electron chi connectivity index (χ0n) is 21.6. The van der Waals surface area contributed by atoms with Crippen molar-refractivity contribution < 1.29 is 9.66 Å². The number of aromatic nitrogens is 2. The van der Waals surface area contributed by atoms with Crippen molar-refractivity contribution in [1.29, 1.82) is 0 Å². The maximum atomic E-state index is 12.1. The lowest BCUT2D eigenvalue weighted by atomic mass is 9.96. The summed E-state index contributed by atoms with van der Waals surface area (Å²) < 4.78 is 5.40. The Balaban J connectivity index is 1.26. The van der Waals surface area contributed by atoms with Gasteiger partial charge < -0.3 is 15.0 Å². The van der Waals surface area contributed by atoms with Gasteiger partial charge in [-0.3, -0.25) is 19.9 Å². The first-order chi connectivity index (χ1) is 18.7. The largest absolute Gasteiger partial charge is 0.379 e. The summed E-state index contributed by atoms with van der Waals surface area (Å²) in [4.78, 5) is 27.2. The lowest BCUT2D eigenvalue weighted by Gasteiger charge is -2.40. The van der Waals surface area contributed by atoms with E-state index in [-0.39, 0.29) is 22.5 Å². The molecule has 38 heavy (non-hydrogen) atoms. The van der Waals surface area contributed by atoms with Gasteiger partial charge in [-0.15, -0.1) is 0 Å². The van der Waals surface area contributed by atoms with Gasteiger partial charge in [-0.25, -0.2) is 9.97 Å². The van der Waals surface area contributed by atoms with Gasteiger partial charge in [0.25, 0.3) is 0 Å². The van der Waals surface area contributed by atoms with Crippen molar-refractivity contribution in [3.05, 3.63) is 88.2 Å². The van der Waals surface area contributed by atoms with E-state index in [0.717, 1.165) is 52.4 Å². The molecule has 1 aromatic heterocycles. The smallest absolute Gasteiger partial charge is 0.353 e. The van der Waals surface area contributed by atoms with Crippen molar-refractivity contribution in [3.8, 4) is 0 Å². The van der Waals surface area contributed by atoms with Crippen LogP contribution in [-0.2, 0) is 4.74 Å². The predicted molar refractivity (Wildman–Crippen MR) is 148 cm³/mol. The minimum Gasteiger partial charge on any atom is -0.379 e. The van der Waals surface area contributed by atoms with Crippen LogP contribution in [0, 0.1) is 10.1 Å². The molecule has 0 bridgehead atoms. The Morgan fingerprint density at radius 2 is 1.53 bits per heavy atom. The molecule has 0 aliphatic carbocycles. The van der Waals surface area contributed by atoms with Gasteiger partial charge in [-0.2, -0.15) is 0 Å². The van der Waals surface area contributed by atoms with Gasteiger partial charge in [-0.05, 0) is 24.1 Å². The molecule has 10 heteroatoms. The minimum atomic E-state index is -0.358. The van der Waals surface area contributed by atoms with Crippen molar-refractivity contribution >= 4 is 17.3 Å². The number of rotatable bonds is 10. The molecule has 3 aromatic rings. The number of nitrogens with zero attached hydrogens (tertiary/aromatic N) is 6. The zero-order chi connectivity index (χ0) is 26.2. The number of morpholine rings is 1. The molecule has 0 spiro atoms. The maximum absolute atomic E-state index is 12.1. The van der Waals surface area contributed by atoms with E-state index in [1.807, 2.05) is 17.0 Å². The Morgan fingerprint density at radius 1 is 0.895 bits per heavy atom. The molecule has 0 atom stereocenters. The molecule has 0 unspecified atom stereocenters. The Hall–Kier alpha value is -3.60. The third kappa shape index (κ3) is 6.27. The molecule has 2 fully saturated rings. The summed E-state index contributed by atoms with van der Waals surface area (Å²) in [5.74, 6) is 0.673. The highest BCUT2D eigenvalue weighted by Gasteiger charge is 2.32. The number of hydrogen-bond acceptors (Lipinski definition) is 9. The number of benzene rings is 2. The van der Waals surface area contributed by atoms with Crippen molar-refractivity contribution in [2.45, 2.75) is 12.5 Å². The summed E-state index contributed by atoms with van der Waals surface area (Å²) in [7, 11) is 0. The molecule has 2 aliphatic heterocycles. The number of piperazine rings is 1. The van der Waals surface area contributed by atoms with Crippen LogP contribution in [-0.4, -0.2) is 90.3 Å². The second-order valence-electron chi connectivity index (χ2n) is 9.63. The number of hydrogen-bond donors (Lipinski definition) is 1. The van der Waals surface area contributed by atoms with Gasteiger partial charge in [0.05, 0.1) is 24.2 Å². The highest BCUT2D eigenvalue weighted by atomic mass is 16.6. The van der Waals surface area contributed by atoms with Crippen molar-refractivity contribution in [3.63, 3.8) is 0 Å². The van der Waals surface area contributed by atoms with Gasteiger partial charge in [0.1, 0.15) is 6.33 Å². The number of nitro groups is 1. The molecule has 10 nitrogen and oxygen atoms in total. The average Bonchev–Trinajstić information content (AvgIpc) is 2.97. The highest BCUT2D eigenvalue weighted by Crippen LogP contribution is 2.34. The van der Waals surface area contributed by atoms with Crippen molar-refractivity contribution in [2.24, 2.45) is 0 Å². The lowest BCUT2D eigenvalue weighted by Crippen LogP contribution is -2.48. The van der Waals surface area contributed by atoms with Crippen LogP contribution in [0.1, 0.15) is 23.6 Å². The Kier molecular flexibility index (Phi) is 8.75. The third-order valence-corrected chi connectivity index (χ3v) is 7.24. The molecule has 3 heterocycles.